The number of nitrogens with one attached hydrogen (secondary N) is 1. The van der Waals surface area contributed by atoms with E-state index < -0.39 is 38.2 Å². The van der Waals surface area contributed by atoms with E-state index in [2.05, 4.69) is 4.72 Å². The number of aliphatic carboxylic acids is 1. The van der Waals surface area contributed by atoms with Crippen LogP contribution in [0.4, 0.5) is 5.69 Å². The minimum Gasteiger partial charge on any atom is -0.481 e. The number of sulfonamides is 2. The standard InChI is InChI=1S/C9H12N2O6S2/c10-19(16,17)8-3-1-7(2-4-8)11-18(14,15)6-5-9(12)13/h1-4,11H,5-6H2,(H,12,13)(H2,10,16,17). The number of rotatable bonds is 6. The lowest BCUT2D eigenvalue weighted by Crippen LogP contribution is -2.19. The van der Waals surface area contributed by atoms with Gasteiger partial charge in [0.1, 0.15) is 0 Å². The van der Waals surface area contributed by atoms with Gasteiger partial charge in [-0.3, -0.25) is 9.52 Å². The van der Waals surface area contributed by atoms with Crippen molar-refractivity contribution < 1.29 is 26.7 Å². The Morgan fingerprint density at radius 1 is 1.16 bits per heavy atom. The third kappa shape index (κ3) is 5.24. The molecule has 0 aliphatic heterocycles. The predicted molar refractivity (Wildman–Crippen MR) is 67.5 cm³/mol. The van der Waals surface area contributed by atoms with Gasteiger partial charge in [0.25, 0.3) is 0 Å². The molecule has 0 saturated heterocycles. The van der Waals surface area contributed by atoms with E-state index in [9.17, 15) is 21.6 Å². The van der Waals surface area contributed by atoms with Gasteiger partial charge in [0.15, 0.2) is 0 Å². The van der Waals surface area contributed by atoms with Crippen molar-refractivity contribution in [3.63, 3.8) is 0 Å². The molecule has 0 fully saturated rings. The quantitative estimate of drug-likeness (QED) is 0.649. The number of carboxylic acids is 1. The average Bonchev–Trinajstić information content (AvgIpc) is 2.25. The second-order valence-electron chi connectivity index (χ2n) is 3.63. The van der Waals surface area contributed by atoms with E-state index in [1.165, 1.54) is 12.1 Å². The van der Waals surface area contributed by atoms with E-state index in [4.69, 9.17) is 10.2 Å². The summed E-state index contributed by atoms with van der Waals surface area (Å²) in [6, 6.07) is 4.73. The number of carbonyl (C=O) groups is 1. The maximum atomic E-state index is 11.5. The van der Waals surface area contributed by atoms with Gasteiger partial charge in [0, 0.05) is 5.69 Å². The molecule has 0 aliphatic carbocycles. The summed E-state index contributed by atoms with van der Waals surface area (Å²) < 4.78 is 47.0. The van der Waals surface area contributed by atoms with Crippen molar-refractivity contribution in [2.75, 3.05) is 10.5 Å². The second kappa shape index (κ2) is 5.55. The molecule has 0 aromatic heterocycles. The molecule has 19 heavy (non-hydrogen) atoms. The average molecular weight is 308 g/mol. The first-order valence-corrected chi connectivity index (χ1v) is 8.15. The van der Waals surface area contributed by atoms with Crippen molar-refractivity contribution in [2.24, 2.45) is 5.14 Å². The molecule has 10 heteroatoms. The van der Waals surface area contributed by atoms with Gasteiger partial charge < -0.3 is 5.11 Å². The molecule has 0 radical (unpaired) electrons. The van der Waals surface area contributed by atoms with Crippen LogP contribution in [0.3, 0.4) is 0 Å². The first kappa shape index (κ1) is 15.4. The van der Waals surface area contributed by atoms with Crippen molar-refractivity contribution in [3.05, 3.63) is 24.3 Å². The molecular weight excluding hydrogens is 296 g/mol. The molecule has 0 spiro atoms. The molecule has 1 aromatic rings. The van der Waals surface area contributed by atoms with Crippen LogP contribution in [0.5, 0.6) is 0 Å². The Bertz CT molecular complexity index is 663. The third-order valence-electron chi connectivity index (χ3n) is 2.04. The lowest BCUT2D eigenvalue weighted by molar-refractivity contribution is -0.136. The normalized spacial score (nSPS) is 12.1. The zero-order chi connectivity index (χ0) is 14.7. The Balaban J connectivity index is 2.81. The minimum atomic E-state index is -3.84. The maximum Gasteiger partial charge on any atom is 0.304 e. The SMILES string of the molecule is NS(=O)(=O)c1ccc(NS(=O)(=O)CCC(=O)O)cc1. The van der Waals surface area contributed by atoms with Crippen LogP contribution in [0, 0.1) is 0 Å². The highest BCUT2D eigenvalue weighted by molar-refractivity contribution is 7.92. The number of primary sulfonamides is 1. The topological polar surface area (TPSA) is 144 Å². The van der Waals surface area contributed by atoms with Gasteiger partial charge in [-0.25, -0.2) is 22.0 Å². The van der Waals surface area contributed by atoms with Crippen LogP contribution < -0.4 is 9.86 Å². The minimum absolute atomic E-state index is 0.123. The zero-order valence-electron chi connectivity index (χ0n) is 9.61. The lowest BCUT2D eigenvalue weighted by atomic mass is 10.3. The van der Waals surface area contributed by atoms with Gasteiger partial charge in [-0.1, -0.05) is 0 Å². The smallest absolute Gasteiger partial charge is 0.304 e. The van der Waals surface area contributed by atoms with Crippen molar-refractivity contribution >= 4 is 31.7 Å². The van der Waals surface area contributed by atoms with E-state index >= 15 is 0 Å². The third-order valence-corrected chi connectivity index (χ3v) is 4.26. The fourth-order valence-corrected chi connectivity index (χ4v) is 2.72. The molecule has 106 valence electrons. The maximum absolute atomic E-state index is 11.5. The Kier molecular flexibility index (Phi) is 4.50. The molecule has 1 rings (SSSR count). The molecule has 0 atom stereocenters. The first-order valence-electron chi connectivity index (χ1n) is 4.95. The Labute approximate surface area is 110 Å². The van der Waals surface area contributed by atoms with Gasteiger partial charge in [-0.15, -0.1) is 0 Å². The van der Waals surface area contributed by atoms with Crippen molar-refractivity contribution in [3.8, 4) is 0 Å². The van der Waals surface area contributed by atoms with E-state index in [0.717, 1.165) is 12.1 Å². The van der Waals surface area contributed by atoms with Crippen molar-refractivity contribution in [1.82, 2.24) is 0 Å². The molecule has 8 nitrogen and oxygen atoms in total. The number of benzene rings is 1. The van der Waals surface area contributed by atoms with Gasteiger partial charge in [-0.2, -0.15) is 0 Å². The molecule has 0 bridgehead atoms. The van der Waals surface area contributed by atoms with Gasteiger partial charge in [-0.05, 0) is 24.3 Å². The summed E-state index contributed by atoms with van der Waals surface area (Å²) in [5.41, 5.74) is 0.123. The van der Waals surface area contributed by atoms with Crippen LogP contribution in [0.2, 0.25) is 0 Å². The molecule has 0 unspecified atom stereocenters. The fourth-order valence-electron chi connectivity index (χ4n) is 1.16. The number of hydrogen-bond donors (Lipinski definition) is 3. The van der Waals surface area contributed by atoms with Crippen LogP contribution >= 0.6 is 0 Å². The number of carboxylic acid groups (broad SMARTS) is 1. The van der Waals surface area contributed by atoms with Crippen LogP contribution in [-0.4, -0.2) is 33.7 Å². The summed E-state index contributed by atoms with van der Waals surface area (Å²) in [7, 11) is -7.63. The summed E-state index contributed by atoms with van der Waals surface area (Å²) in [6.45, 7) is 0. The predicted octanol–water partition coefficient (Wildman–Crippen LogP) is -0.450. The zero-order valence-corrected chi connectivity index (χ0v) is 11.2. The van der Waals surface area contributed by atoms with Crippen LogP contribution in [0.1, 0.15) is 6.42 Å². The monoisotopic (exact) mass is 308 g/mol. The fraction of sp³-hybridized carbons (Fsp3) is 0.222. The number of nitrogens with two attached hydrogens (primary N) is 1. The Hall–Kier alpha value is -1.65. The molecular formula is C9H12N2O6S2. The summed E-state index contributed by atoms with van der Waals surface area (Å²) in [6.07, 6.45) is -0.523. The molecule has 0 saturated carbocycles. The molecule has 0 heterocycles. The molecule has 0 amide bonds. The van der Waals surface area contributed by atoms with E-state index in [-0.39, 0.29) is 10.6 Å². The first-order chi connectivity index (χ1) is 8.60. The molecule has 4 N–H and O–H groups in total. The Morgan fingerprint density at radius 3 is 2.11 bits per heavy atom. The Morgan fingerprint density at radius 2 is 1.68 bits per heavy atom. The highest BCUT2D eigenvalue weighted by atomic mass is 32.2. The highest BCUT2D eigenvalue weighted by Gasteiger charge is 2.13. The summed E-state index contributed by atoms with van der Waals surface area (Å²) >= 11 is 0. The lowest BCUT2D eigenvalue weighted by Gasteiger charge is -2.07. The van der Waals surface area contributed by atoms with Crippen LogP contribution in [0.15, 0.2) is 29.2 Å². The number of anilines is 1. The summed E-state index contributed by atoms with van der Waals surface area (Å²) in [4.78, 5) is 10.1. The van der Waals surface area contributed by atoms with E-state index in [0.29, 0.717) is 0 Å². The van der Waals surface area contributed by atoms with Crippen molar-refractivity contribution in [1.29, 1.82) is 0 Å². The van der Waals surface area contributed by atoms with Crippen LogP contribution in [-0.2, 0) is 24.8 Å². The van der Waals surface area contributed by atoms with Gasteiger partial charge in [0.2, 0.25) is 20.0 Å². The largest absolute Gasteiger partial charge is 0.481 e. The van der Waals surface area contributed by atoms with Crippen LogP contribution in [0.25, 0.3) is 0 Å². The van der Waals surface area contributed by atoms with Gasteiger partial charge >= 0.3 is 5.97 Å². The summed E-state index contributed by atoms with van der Waals surface area (Å²) in [5, 5.41) is 13.3. The molecule has 0 aliphatic rings. The highest BCUT2D eigenvalue weighted by Crippen LogP contribution is 2.14. The number of hydrogen-bond acceptors (Lipinski definition) is 5. The second-order valence-corrected chi connectivity index (χ2v) is 7.04. The summed E-state index contributed by atoms with van der Waals surface area (Å²) in [5.74, 6) is -1.80. The van der Waals surface area contributed by atoms with Crippen molar-refractivity contribution in [2.45, 2.75) is 11.3 Å². The van der Waals surface area contributed by atoms with E-state index in [1.54, 1.807) is 0 Å². The van der Waals surface area contributed by atoms with E-state index in [1.807, 2.05) is 0 Å². The molecule has 1 aromatic carbocycles. The van der Waals surface area contributed by atoms with Gasteiger partial charge in [0.05, 0.1) is 17.1 Å².